The summed E-state index contributed by atoms with van der Waals surface area (Å²) in [5.74, 6) is 1.02. The van der Waals surface area contributed by atoms with Crippen molar-refractivity contribution in [1.29, 1.82) is 0 Å². The lowest BCUT2D eigenvalue weighted by Crippen LogP contribution is -2.35. The number of carbonyl (C=O) groups excluding carboxylic acids is 1. The zero-order chi connectivity index (χ0) is 17.0. The molecule has 23 heavy (non-hydrogen) atoms. The fourth-order valence-corrected chi connectivity index (χ4v) is 3.25. The van der Waals surface area contributed by atoms with Gasteiger partial charge in [-0.2, -0.15) is 0 Å². The molecule has 0 saturated carbocycles. The highest BCUT2D eigenvalue weighted by atomic mass is 32.2. The molecule has 1 atom stereocenters. The molecule has 2 aromatic rings. The van der Waals surface area contributed by atoms with E-state index in [0.29, 0.717) is 5.16 Å². The molecule has 0 fully saturated rings. The Morgan fingerprint density at radius 3 is 2.70 bits per heavy atom. The number of nitrogens with zero attached hydrogens (tertiary/aromatic N) is 4. The molecular formula is C16H22N4O2S. The molecule has 0 aliphatic carbocycles. The molecule has 0 spiro atoms. The molecule has 0 bridgehead atoms. The van der Waals surface area contributed by atoms with Crippen LogP contribution >= 0.6 is 11.8 Å². The van der Waals surface area contributed by atoms with Crippen molar-refractivity contribution >= 4 is 17.7 Å². The maximum Gasteiger partial charge on any atom is 0.235 e. The third kappa shape index (κ3) is 4.04. The summed E-state index contributed by atoms with van der Waals surface area (Å²) in [5.41, 5.74) is 0.900. The second-order valence-electron chi connectivity index (χ2n) is 5.70. The standard InChI is InChI=1S/C16H22N4O2S/c1-11(2)14(15(21)19(3)4)23-16-18-17-10-20(16)12-7-6-8-13(9-12)22-5/h6-11,14H,1-5H3/t14-/m1/s1. The summed E-state index contributed by atoms with van der Waals surface area (Å²) in [6.07, 6.45) is 1.65. The fourth-order valence-electron chi connectivity index (χ4n) is 2.08. The van der Waals surface area contributed by atoms with Crippen LogP contribution < -0.4 is 4.74 Å². The van der Waals surface area contributed by atoms with E-state index in [9.17, 15) is 4.79 Å². The lowest BCUT2D eigenvalue weighted by atomic mass is 10.1. The Kier molecular flexibility index (Phi) is 5.65. The number of methoxy groups -OCH3 is 1. The average Bonchev–Trinajstić information content (AvgIpc) is 2.99. The number of thioether (sulfide) groups is 1. The first kappa shape index (κ1) is 17.3. The van der Waals surface area contributed by atoms with Gasteiger partial charge in [-0.1, -0.05) is 31.7 Å². The SMILES string of the molecule is COc1cccc(-n2cnnc2S[C@@H](C(=O)N(C)C)C(C)C)c1. The van der Waals surface area contributed by atoms with Crippen molar-refractivity contribution < 1.29 is 9.53 Å². The smallest absolute Gasteiger partial charge is 0.235 e. The predicted molar refractivity (Wildman–Crippen MR) is 91.1 cm³/mol. The molecule has 0 saturated heterocycles. The Bertz CT molecular complexity index is 670. The molecular weight excluding hydrogens is 312 g/mol. The fraction of sp³-hybridized carbons (Fsp3) is 0.438. The normalized spacial score (nSPS) is 12.3. The van der Waals surface area contributed by atoms with Crippen LogP contribution in [-0.2, 0) is 4.79 Å². The molecule has 1 heterocycles. The summed E-state index contributed by atoms with van der Waals surface area (Å²) in [5, 5.41) is 8.65. The lowest BCUT2D eigenvalue weighted by molar-refractivity contribution is -0.128. The van der Waals surface area contributed by atoms with Gasteiger partial charge in [0.15, 0.2) is 5.16 Å². The second kappa shape index (κ2) is 7.50. The second-order valence-corrected chi connectivity index (χ2v) is 6.81. The number of benzene rings is 1. The van der Waals surface area contributed by atoms with E-state index in [0.717, 1.165) is 11.4 Å². The average molecular weight is 334 g/mol. The molecule has 2 rings (SSSR count). The Hall–Kier alpha value is -2.02. The quantitative estimate of drug-likeness (QED) is 0.760. The zero-order valence-corrected chi connectivity index (χ0v) is 14.9. The summed E-state index contributed by atoms with van der Waals surface area (Å²) in [4.78, 5) is 14.0. The van der Waals surface area contributed by atoms with Crippen LogP contribution in [0.1, 0.15) is 13.8 Å². The van der Waals surface area contributed by atoms with Crippen LogP contribution in [0.3, 0.4) is 0 Å². The minimum atomic E-state index is -0.210. The van der Waals surface area contributed by atoms with Crippen LogP contribution in [-0.4, -0.2) is 52.0 Å². The van der Waals surface area contributed by atoms with E-state index in [4.69, 9.17) is 4.74 Å². The first-order valence-corrected chi connectivity index (χ1v) is 8.24. The van der Waals surface area contributed by atoms with E-state index in [-0.39, 0.29) is 17.1 Å². The number of hydrogen-bond donors (Lipinski definition) is 0. The number of ether oxygens (including phenoxy) is 1. The molecule has 0 aliphatic heterocycles. The molecule has 7 heteroatoms. The Morgan fingerprint density at radius 2 is 2.09 bits per heavy atom. The maximum atomic E-state index is 12.4. The summed E-state index contributed by atoms with van der Waals surface area (Å²) < 4.78 is 7.13. The summed E-state index contributed by atoms with van der Waals surface area (Å²) in [7, 11) is 5.17. The molecule has 1 aromatic carbocycles. The minimum absolute atomic E-state index is 0.0743. The number of rotatable bonds is 6. The predicted octanol–water partition coefficient (Wildman–Crippen LogP) is 2.48. The van der Waals surface area contributed by atoms with Gasteiger partial charge < -0.3 is 9.64 Å². The summed E-state index contributed by atoms with van der Waals surface area (Å²) in [6, 6.07) is 7.65. The van der Waals surface area contributed by atoms with Gasteiger partial charge in [0.2, 0.25) is 5.91 Å². The van der Waals surface area contributed by atoms with Crippen molar-refractivity contribution in [2.45, 2.75) is 24.3 Å². The Morgan fingerprint density at radius 1 is 1.35 bits per heavy atom. The first-order valence-electron chi connectivity index (χ1n) is 7.36. The minimum Gasteiger partial charge on any atom is -0.497 e. The van der Waals surface area contributed by atoms with Crippen LogP contribution in [0, 0.1) is 5.92 Å². The molecule has 0 unspecified atom stereocenters. The van der Waals surface area contributed by atoms with Crippen molar-refractivity contribution in [3.05, 3.63) is 30.6 Å². The van der Waals surface area contributed by atoms with Crippen molar-refractivity contribution in [3.8, 4) is 11.4 Å². The molecule has 0 radical (unpaired) electrons. The number of amides is 1. The van der Waals surface area contributed by atoms with E-state index >= 15 is 0 Å². The third-order valence-corrected chi connectivity index (χ3v) is 4.86. The van der Waals surface area contributed by atoms with Crippen LogP contribution in [0.25, 0.3) is 5.69 Å². The molecule has 1 aromatic heterocycles. The van der Waals surface area contributed by atoms with Gasteiger partial charge in [0.05, 0.1) is 18.0 Å². The topological polar surface area (TPSA) is 60.2 Å². The zero-order valence-electron chi connectivity index (χ0n) is 14.1. The van der Waals surface area contributed by atoms with Gasteiger partial charge in [-0.3, -0.25) is 9.36 Å². The van der Waals surface area contributed by atoms with Gasteiger partial charge in [-0.25, -0.2) is 0 Å². The highest BCUT2D eigenvalue weighted by Crippen LogP contribution is 2.30. The summed E-state index contributed by atoms with van der Waals surface area (Å²) >= 11 is 1.43. The van der Waals surface area contributed by atoms with E-state index in [1.807, 2.05) is 42.7 Å². The lowest BCUT2D eigenvalue weighted by Gasteiger charge is -2.22. The molecule has 124 valence electrons. The van der Waals surface area contributed by atoms with Crippen molar-refractivity contribution in [2.24, 2.45) is 5.92 Å². The first-order chi connectivity index (χ1) is 10.9. The van der Waals surface area contributed by atoms with Crippen LogP contribution in [0.5, 0.6) is 5.75 Å². The van der Waals surface area contributed by atoms with Gasteiger partial charge >= 0.3 is 0 Å². The van der Waals surface area contributed by atoms with Crippen LogP contribution in [0.2, 0.25) is 0 Å². The molecule has 1 amide bonds. The van der Waals surface area contributed by atoms with Gasteiger partial charge in [-0.15, -0.1) is 10.2 Å². The van der Waals surface area contributed by atoms with Crippen molar-refractivity contribution in [2.75, 3.05) is 21.2 Å². The van der Waals surface area contributed by atoms with Crippen molar-refractivity contribution in [1.82, 2.24) is 19.7 Å². The van der Waals surface area contributed by atoms with Crippen LogP contribution in [0.15, 0.2) is 35.7 Å². The van der Waals surface area contributed by atoms with Gasteiger partial charge in [0, 0.05) is 20.2 Å². The van der Waals surface area contributed by atoms with Crippen molar-refractivity contribution in [3.63, 3.8) is 0 Å². The number of carbonyl (C=O) groups is 1. The van der Waals surface area contributed by atoms with E-state index in [1.165, 1.54) is 11.8 Å². The molecule has 6 nitrogen and oxygen atoms in total. The number of hydrogen-bond acceptors (Lipinski definition) is 5. The van der Waals surface area contributed by atoms with E-state index in [2.05, 4.69) is 10.2 Å². The monoisotopic (exact) mass is 334 g/mol. The molecule has 0 aliphatic rings. The molecule has 0 N–H and O–H groups in total. The van der Waals surface area contributed by atoms with E-state index in [1.54, 1.807) is 32.4 Å². The Labute approximate surface area is 140 Å². The number of aromatic nitrogens is 3. The van der Waals surface area contributed by atoms with Gasteiger partial charge in [0.1, 0.15) is 12.1 Å². The third-order valence-electron chi connectivity index (χ3n) is 3.37. The summed E-state index contributed by atoms with van der Waals surface area (Å²) in [6.45, 7) is 4.07. The van der Waals surface area contributed by atoms with E-state index < -0.39 is 0 Å². The van der Waals surface area contributed by atoms with Gasteiger partial charge in [-0.05, 0) is 18.1 Å². The highest BCUT2D eigenvalue weighted by Gasteiger charge is 2.27. The maximum absolute atomic E-state index is 12.4. The largest absolute Gasteiger partial charge is 0.497 e. The van der Waals surface area contributed by atoms with Crippen LogP contribution in [0.4, 0.5) is 0 Å². The highest BCUT2D eigenvalue weighted by molar-refractivity contribution is 8.00. The van der Waals surface area contributed by atoms with Gasteiger partial charge in [0.25, 0.3) is 0 Å². The Balaban J connectivity index is 2.31.